The maximum absolute atomic E-state index is 13.0. The first-order valence-corrected chi connectivity index (χ1v) is 8.94. The van der Waals surface area contributed by atoms with Gasteiger partial charge in [0.15, 0.2) is 11.5 Å². The van der Waals surface area contributed by atoms with Crippen LogP contribution in [0.2, 0.25) is 0 Å². The van der Waals surface area contributed by atoms with Gasteiger partial charge in [-0.15, -0.1) is 0 Å². The molecule has 0 unspecified atom stereocenters. The molecule has 7 heteroatoms. The fourth-order valence-electron chi connectivity index (χ4n) is 3.15. The van der Waals surface area contributed by atoms with Crippen LogP contribution in [0, 0.1) is 12.8 Å². The van der Waals surface area contributed by atoms with Crippen molar-refractivity contribution in [2.24, 2.45) is 5.92 Å². The Balaban J connectivity index is 1.94. The van der Waals surface area contributed by atoms with Gasteiger partial charge in [-0.3, -0.25) is 14.2 Å². The van der Waals surface area contributed by atoms with Crippen molar-refractivity contribution >= 4 is 5.91 Å². The molecule has 2 aromatic rings. The summed E-state index contributed by atoms with van der Waals surface area (Å²) in [6, 6.07) is 6.50. The molecule has 2 heterocycles. The Kier molecular flexibility index (Phi) is 5.51. The second-order valence-electron chi connectivity index (χ2n) is 7.07. The zero-order valence-electron chi connectivity index (χ0n) is 15.7. The van der Waals surface area contributed by atoms with Gasteiger partial charge >= 0.3 is 0 Å². The molecule has 1 atom stereocenters. The molecule has 1 aliphatic heterocycles. The number of carbonyl (C=O) groups is 1. The molecule has 0 bridgehead atoms. The van der Waals surface area contributed by atoms with E-state index in [9.17, 15) is 14.7 Å². The molecule has 3 rings (SSSR count). The van der Waals surface area contributed by atoms with Crippen LogP contribution >= 0.6 is 0 Å². The first-order valence-electron chi connectivity index (χ1n) is 8.94. The van der Waals surface area contributed by atoms with Crippen molar-refractivity contribution in [3.8, 4) is 17.2 Å². The number of carbonyl (C=O) groups excluding carboxylic acids is 1. The van der Waals surface area contributed by atoms with E-state index in [-0.39, 0.29) is 19.0 Å². The van der Waals surface area contributed by atoms with Crippen LogP contribution in [0.1, 0.15) is 36.2 Å². The summed E-state index contributed by atoms with van der Waals surface area (Å²) in [6.45, 7) is 5.71. The molecule has 27 heavy (non-hydrogen) atoms. The largest absolute Gasteiger partial charge is 0.454 e. The Morgan fingerprint density at radius 2 is 2.00 bits per heavy atom. The molecule has 144 valence electrons. The predicted molar refractivity (Wildman–Crippen MR) is 101 cm³/mol. The number of benzene rings is 1. The molecular weight excluding hydrogens is 348 g/mol. The molecule has 1 amide bonds. The number of amides is 1. The molecule has 0 fully saturated rings. The summed E-state index contributed by atoms with van der Waals surface area (Å²) in [7, 11) is 0. The second-order valence-corrected chi connectivity index (χ2v) is 7.07. The summed E-state index contributed by atoms with van der Waals surface area (Å²) in [5.74, 6) is 1.01. The summed E-state index contributed by atoms with van der Waals surface area (Å²) < 4.78 is 12.1. The highest BCUT2D eigenvalue weighted by atomic mass is 16.7. The lowest BCUT2D eigenvalue weighted by atomic mass is 10.0. The van der Waals surface area contributed by atoms with Gasteiger partial charge in [0.25, 0.3) is 11.5 Å². The van der Waals surface area contributed by atoms with Gasteiger partial charge < -0.3 is 19.9 Å². The number of pyridine rings is 1. The lowest BCUT2D eigenvalue weighted by Crippen LogP contribution is -2.41. The number of aromatic nitrogens is 1. The highest BCUT2D eigenvalue weighted by molar-refractivity contribution is 5.95. The minimum atomic E-state index is -0.479. The van der Waals surface area contributed by atoms with Gasteiger partial charge in [0, 0.05) is 12.3 Å². The number of nitrogens with zero attached hydrogens (tertiary/aromatic N) is 1. The van der Waals surface area contributed by atoms with Gasteiger partial charge in [-0.1, -0.05) is 13.8 Å². The van der Waals surface area contributed by atoms with Crippen LogP contribution in [-0.2, 0) is 0 Å². The predicted octanol–water partition coefficient (Wildman–Crippen LogP) is 2.01. The number of ether oxygens (including phenoxy) is 2. The minimum absolute atomic E-state index is 0.0670. The summed E-state index contributed by atoms with van der Waals surface area (Å²) in [5, 5.41) is 12.3. The quantitative estimate of drug-likeness (QED) is 0.810. The zero-order chi connectivity index (χ0) is 19.6. The fraction of sp³-hybridized carbons (Fsp3) is 0.400. The molecule has 0 radical (unpaired) electrons. The Hall–Kier alpha value is -2.80. The molecule has 0 aliphatic carbocycles. The molecule has 0 spiro atoms. The van der Waals surface area contributed by atoms with Gasteiger partial charge in [0.1, 0.15) is 5.56 Å². The monoisotopic (exact) mass is 372 g/mol. The molecule has 0 saturated carbocycles. The highest BCUT2D eigenvalue weighted by Crippen LogP contribution is 2.33. The molecule has 1 aliphatic rings. The van der Waals surface area contributed by atoms with Crippen molar-refractivity contribution in [1.29, 1.82) is 0 Å². The number of aliphatic hydroxyl groups is 1. The van der Waals surface area contributed by atoms with Crippen LogP contribution in [0.3, 0.4) is 0 Å². The van der Waals surface area contributed by atoms with E-state index in [0.29, 0.717) is 35.1 Å². The van der Waals surface area contributed by atoms with Crippen LogP contribution in [0.15, 0.2) is 35.3 Å². The van der Waals surface area contributed by atoms with Crippen molar-refractivity contribution in [2.45, 2.75) is 33.2 Å². The van der Waals surface area contributed by atoms with Crippen molar-refractivity contribution in [2.75, 3.05) is 13.4 Å². The number of aryl methyl sites for hydroxylation is 1. The van der Waals surface area contributed by atoms with E-state index < -0.39 is 17.5 Å². The SMILES string of the molecule is Cc1ccn(-c2ccc3c(c2)OCO3)c(=O)c1C(=O)N[C@@H](CO)CC(C)C. The molecule has 1 aromatic carbocycles. The van der Waals surface area contributed by atoms with Gasteiger partial charge in [0.05, 0.1) is 18.3 Å². The Morgan fingerprint density at radius 3 is 2.70 bits per heavy atom. The van der Waals surface area contributed by atoms with Gasteiger partial charge in [-0.25, -0.2) is 0 Å². The Morgan fingerprint density at radius 1 is 1.26 bits per heavy atom. The summed E-state index contributed by atoms with van der Waals surface area (Å²) in [5.41, 5.74) is 0.805. The third kappa shape index (κ3) is 3.98. The van der Waals surface area contributed by atoms with Gasteiger partial charge in [-0.05, 0) is 43.0 Å². The van der Waals surface area contributed by atoms with Crippen molar-refractivity contribution in [3.05, 3.63) is 51.9 Å². The van der Waals surface area contributed by atoms with E-state index in [1.807, 2.05) is 13.8 Å². The first kappa shape index (κ1) is 19.0. The topological polar surface area (TPSA) is 89.8 Å². The lowest BCUT2D eigenvalue weighted by Gasteiger charge is -2.19. The first-order chi connectivity index (χ1) is 12.9. The Labute approximate surface area is 157 Å². The van der Waals surface area contributed by atoms with E-state index in [2.05, 4.69) is 5.32 Å². The van der Waals surface area contributed by atoms with Crippen molar-refractivity contribution in [3.63, 3.8) is 0 Å². The minimum Gasteiger partial charge on any atom is -0.454 e. The van der Waals surface area contributed by atoms with Crippen LogP contribution in [0.4, 0.5) is 0 Å². The van der Waals surface area contributed by atoms with Crippen molar-refractivity contribution < 1.29 is 19.4 Å². The van der Waals surface area contributed by atoms with Crippen LogP contribution < -0.4 is 20.3 Å². The lowest BCUT2D eigenvalue weighted by molar-refractivity contribution is 0.0906. The highest BCUT2D eigenvalue weighted by Gasteiger charge is 2.21. The van der Waals surface area contributed by atoms with Crippen LogP contribution in [0.5, 0.6) is 11.5 Å². The summed E-state index contributed by atoms with van der Waals surface area (Å²) in [6.07, 6.45) is 2.26. The number of hydrogen-bond acceptors (Lipinski definition) is 5. The van der Waals surface area contributed by atoms with Gasteiger partial charge in [-0.2, -0.15) is 0 Å². The van der Waals surface area contributed by atoms with E-state index in [1.54, 1.807) is 37.4 Å². The number of aliphatic hydroxyl groups excluding tert-OH is 1. The summed E-state index contributed by atoms with van der Waals surface area (Å²) in [4.78, 5) is 25.7. The number of hydrogen-bond donors (Lipinski definition) is 2. The van der Waals surface area contributed by atoms with E-state index >= 15 is 0 Å². The third-order valence-corrected chi connectivity index (χ3v) is 4.47. The molecule has 0 saturated heterocycles. The average molecular weight is 372 g/mol. The van der Waals surface area contributed by atoms with Crippen LogP contribution in [0.25, 0.3) is 5.69 Å². The van der Waals surface area contributed by atoms with Crippen LogP contribution in [-0.4, -0.2) is 35.0 Å². The van der Waals surface area contributed by atoms with E-state index in [0.717, 1.165) is 0 Å². The number of rotatable bonds is 6. The smallest absolute Gasteiger partial charge is 0.268 e. The molecule has 2 N–H and O–H groups in total. The second kappa shape index (κ2) is 7.84. The van der Waals surface area contributed by atoms with Gasteiger partial charge in [0.2, 0.25) is 6.79 Å². The molecular formula is C20H24N2O5. The number of nitrogens with one attached hydrogen (secondary N) is 1. The average Bonchev–Trinajstić information content (AvgIpc) is 3.08. The standard InChI is InChI=1S/C20H24N2O5/c1-12(2)8-14(10-23)21-19(24)18-13(3)6-7-22(20(18)25)15-4-5-16-17(9-15)27-11-26-16/h4-7,9,12,14,23H,8,10-11H2,1-3H3,(H,21,24)/t14-/m1/s1. The van der Waals surface area contributed by atoms with Crippen molar-refractivity contribution in [1.82, 2.24) is 9.88 Å². The maximum atomic E-state index is 13.0. The molecule has 1 aromatic heterocycles. The Bertz CT molecular complexity index is 904. The number of fused-ring (bicyclic) bond motifs is 1. The third-order valence-electron chi connectivity index (χ3n) is 4.47. The van der Waals surface area contributed by atoms with E-state index in [1.165, 1.54) is 4.57 Å². The normalized spacial score (nSPS) is 13.7. The maximum Gasteiger partial charge on any atom is 0.268 e. The summed E-state index contributed by atoms with van der Waals surface area (Å²) >= 11 is 0. The van der Waals surface area contributed by atoms with E-state index in [4.69, 9.17) is 9.47 Å². The zero-order valence-corrected chi connectivity index (χ0v) is 15.7. The molecule has 7 nitrogen and oxygen atoms in total. The fourth-order valence-corrected chi connectivity index (χ4v) is 3.15.